The molecule has 116 valence electrons. The number of benzene rings is 1. The molecule has 3 atom stereocenters. The first-order valence-corrected chi connectivity index (χ1v) is 8.81. The van der Waals surface area contributed by atoms with Gasteiger partial charge in [-0.3, -0.25) is 0 Å². The highest BCUT2D eigenvalue weighted by atomic mass is 35.5. The van der Waals surface area contributed by atoms with Crippen LogP contribution in [-0.4, -0.2) is 42.4 Å². The van der Waals surface area contributed by atoms with E-state index in [9.17, 15) is 5.11 Å². The third kappa shape index (κ3) is 3.93. The van der Waals surface area contributed by atoms with Gasteiger partial charge in [-0.25, -0.2) is 0 Å². The van der Waals surface area contributed by atoms with Crippen LogP contribution in [0.1, 0.15) is 19.3 Å². The molecular formula is C16H21ClO3S. The zero-order chi connectivity index (χ0) is 14.7. The van der Waals surface area contributed by atoms with Gasteiger partial charge >= 0.3 is 0 Å². The van der Waals surface area contributed by atoms with Gasteiger partial charge in [0.2, 0.25) is 0 Å². The molecule has 0 saturated carbocycles. The van der Waals surface area contributed by atoms with Gasteiger partial charge in [0.05, 0.1) is 18.3 Å². The summed E-state index contributed by atoms with van der Waals surface area (Å²) in [7, 11) is 0. The van der Waals surface area contributed by atoms with Crippen LogP contribution in [0.2, 0.25) is 5.02 Å². The molecule has 1 aromatic carbocycles. The standard InChI is InChI=1S/C16H21ClO3S/c17-13-1-3-14(4-2-13)21-10-15(18)12-5-7-20-16(9-12)6-8-19-11-16/h1-4,12,15,18H,5-11H2. The van der Waals surface area contributed by atoms with Crippen LogP contribution in [0.3, 0.4) is 0 Å². The monoisotopic (exact) mass is 328 g/mol. The molecule has 0 amide bonds. The average molecular weight is 329 g/mol. The predicted molar refractivity (Wildman–Crippen MR) is 85.0 cm³/mol. The van der Waals surface area contributed by atoms with Crippen molar-refractivity contribution in [2.75, 3.05) is 25.6 Å². The number of rotatable bonds is 4. The topological polar surface area (TPSA) is 38.7 Å². The van der Waals surface area contributed by atoms with E-state index >= 15 is 0 Å². The Kier molecular flexibility index (Phi) is 5.12. The number of aliphatic hydroxyl groups is 1. The number of ether oxygens (including phenoxy) is 2. The van der Waals surface area contributed by atoms with Crippen LogP contribution in [-0.2, 0) is 9.47 Å². The summed E-state index contributed by atoms with van der Waals surface area (Å²) in [5, 5.41) is 11.2. The summed E-state index contributed by atoms with van der Waals surface area (Å²) in [6.07, 6.45) is 2.51. The second kappa shape index (κ2) is 6.88. The summed E-state index contributed by atoms with van der Waals surface area (Å²) >= 11 is 7.56. The van der Waals surface area contributed by atoms with Gasteiger partial charge in [0.25, 0.3) is 0 Å². The van der Waals surface area contributed by atoms with Gasteiger partial charge in [-0.1, -0.05) is 11.6 Å². The van der Waals surface area contributed by atoms with Gasteiger partial charge in [-0.2, -0.15) is 0 Å². The van der Waals surface area contributed by atoms with E-state index in [4.69, 9.17) is 21.1 Å². The third-order valence-electron chi connectivity index (χ3n) is 4.38. The lowest BCUT2D eigenvalue weighted by Gasteiger charge is -2.38. The number of thioether (sulfide) groups is 1. The van der Waals surface area contributed by atoms with E-state index in [1.54, 1.807) is 11.8 Å². The van der Waals surface area contributed by atoms with Crippen LogP contribution in [0.5, 0.6) is 0 Å². The van der Waals surface area contributed by atoms with E-state index in [-0.39, 0.29) is 11.7 Å². The van der Waals surface area contributed by atoms with Crippen molar-refractivity contribution in [2.24, 2.45) is 5.92 Å². The molecule has 2 heterocycles. The molecule has 2 saturated heterocycles. The molecule has 2 aliphatic heterocycles. The molecule has 0 aromatic heterocycles. The molecule has 1 aromatic rings. The fourth-order valence-corrected chi connectivity index (χ4v) is 4.20. The van der Waals surface area contributed by atoms with Crippen LogP contribution in [0.4, 0.5) is 0 Å². The normalized spacial score (nSPS) is 30.7. The Morgan fingerprint density at radius 1 is 1.33 bits per heavy atom. The number of hydrogen-bond donors (Lipinski definition) is 1. The van der Waals surface area contributed by atoms with Gasteiger partial charge in [0, 0.05) is 35.3 Å². The maximum atomic E-state index is 10.5. The molecule has 2 aliphatic rings. The van der Waals surface area contributed by atoms with E-state index in [0.717, 1.165) is 42.4 Å². The van der Waals surface area contributed by atoms with Gasteiger partial charge in [0.1, 0.15) is 0 Å². The Bertz CT molecular complexity index is 459. The largest absolute Gasteiger partial charge is 0.392 e. The predicted octanol–water partition coefficient (Wildman–Crippen LogP) is 3.38. The van der Waals surface area contributed by atoms with Gasteiger partial charge < -0.3 is 14.6 Å². The fourth-order valence-electron chi connectivity index (χ4n) is 3.11. The van der Waals surface area contributed by atoms with E-state index in [2.05, 4.69) is 0 Å². The first-order chi connectivity index (χ1) is 10.2. The van der Waals surface area contributed by atoms with Gasteiger partial charge in [-0.05, 0) is 43.0 Å². The first-order valence-electron chi connectivity index (χ1n) is 7.45. The quantitative estimate of drug-likeness (QED) is 0.860. The van der Waals surface area contributed by atoms with E-state index in [0.29, 0.717) is 18.3 Å². The van der Waals surface area contributed by atoms with Crippen molar-refractivity contribution < 1.29 is 14.6 Å². The smallest absolute Gasteiger partial charge is 0.0940 e. The highest BCUT2D eigenvalue weighted by Gasteiger charge is 2.42. The van der Waals surface area contributed by atoms with Gasteiger partial charge in [0.15, 0.2) is 0 Å². The minimum absolute atomic E-state index is 0.130. The zero-order valence-electron chi connectivity index (χ0n) is 12.0. The number of hydrogen-bond acceptors (Lipinski definition) is 4. The highest BCUT2D eigenvalue weighted by Crippen LogP contribution is 2.38. The van der Waals surface area contributed by atoms with Crippen LogP contribution in [0.25, 0.3) is 0 Å². The van der Waals surface area contributed by atoms with Crippen molar-refractivity contribution in [1.29, 1.82) is 0 Å². The Balaban J connectivity index is 1.52. The van der Waals surface area contributed by atoms with Crippen molar-refractivity contribution in [2.45, 2.75) is 35.9 Å². The van der Waals surface area contributed by atoms with Crippen LogP contribution < -0.4 is 0 Å². The SMILES string of the molecule is OC(CSc1ccc(Cl)cc1)C1CCOC2(CCOC2)C1. The van der Waals surface area contributed by atoms with Crippen molar-refractivity contribution in [3.05, 3.63) is 29.3 Å². The van der Waals surface area contributed by atoms with Gasteiger partial charge in [-0.15, -0.1) is 11.8 Å². The zero-order valence-corrected chi connectivity index (χ0v) is 13.5. The number of halogens is 1. The van der Waals surface area contributed by atoms with Crippen LogP contribution in [0.15, 0.2) is 29.2 Å². The summed E-state index contributed by atoms with van der Waals surface area (Å²) in [6, 6.07) is 7.76. The molecule has 0 bridgehead atoms. The summed E-state index contributed by atoms with van der Waals surface area (Å²) in [6.45, 7) is 2.19. The maximum absolute atomic E-state index is 10.5. The molecule has 1 N–H and O–H groups in total. The molecule has 1 spiro atoms. The van der Waals surface area contributed by atoms with Crippen molar-refractivity contribution in [1.82, 2.24) is 0 Å². The third-order valence-corrected chi connectivity index (χ3v) is 5.74. The molecule has 2 fully saturated rings. The maximum Gasteiger partial charge on any atom is 0.0940 e. The highest BCUT2D eigenvalue weighted by molar-refractivity contribution is 7.99. The second-order valence-electron chi connectivity index (χ2n) is 5.92. The molecule has 21 heavy (non-hydrogen) atoms. The summed E-state index contributed by atoms with van der Waals surface area (Å²) in [4.78, 5) is 1.14. The number of aliphatic hydroxyl groups excluding tert-OH is 1. The van der Waals surface area contributed by atoms with Crippen molar-refractivity contribution >= 4 is 23.4 Å². The van der Waals surface area contributed by atoms with E-state index in [1.807, 2.05) is 24.3 Å². The van der Waals surface area contributed by atoms with Crippen LogP contribution in [0, 0.1) is 5.92 Å². The molecule has 3 unspecified atom stereocenters. The Labute approximate surface area is 135 Å². The van der Waals surface area contributed by atoms with E-state index in [1.165, 1.54) is 0 Å². The van der Waals surface area contributed by atoms with Crippen LogP contribution >= 0.6 is 23.4 Å². The summed E-state index contributed by atoms with van der Waals surface area (Å²) < 4.78 is 11.4. The molecule has 0 radical (unpaired) electrons. The molecule has 3 rings (SSSR count). The Morgan fingerprint density at radius 3 is 2.86 bits per heavy atom. The lowest BCUT2D eigenvalue weighted by atomic mass is 9.82. The summed E-state index contributed by atoms with van der Waals surface area (Å²) in [5.74, 6) is 1.02. The Morgan fingerprint density at radius 2 is 2.14 bits per heavy atom. The lowest BCUT2D eigenvalue weighted by molar-refractivity contribution is -0.113. The molecule has 0 aliphatic carbocycles. The minimum atomic E-state index is -0.299. The molecule has 3 nitrogen and oxygen atoms in total. The first kappa shape index (κ1) is 15.6. The molecule has 5 heteroatoms. The average Bonchev–Trinajstić information content (AvgIpc) is 2.94. The lowest BCUT2D eigenvalue weighted by Crippen LogP contribution is -2.44. The fraction of sp³-hybridized carbons (Fsp3) is 0.625. The van der Waals surface area contributed by atoms with Crippen molar-refractivity contribution in [3.63, 3.8) is 0 Å². The van der Waals surface area contributed by atoms with E-state index < -0.39 is 0 Å². The molecular weight excluding hydrogens is 308 g/mol. The second-order valence-corrected chi connectivity index (χ2v) is 7.45. The Hall–Kier alpha value is -0.260. The minimum Gasteiger partial charge on any atom is -0.392 e. The summed E-state index contributed by atoms with van der Waals surface area (Å²) in [5.41, 5.74) is -0.130. The van der Waals surface area contributed by atoms with Crippen molar-refractivity contribution in [3.8, 4) is 0 Å².